The van der Waals surface area contributed by atoms with Crippen LogP contribution in [0.4, 0.5) is 0 Å². The minimum Gasteiger partial charge on any atom is -0.481 e. The third-order valence-corrected chi connectivity index (χ3v) is 5.88. The number of carboxylic acids is 2. The molecule has 1 heterocycles. The Balaban J connectivity index is 2.33. The van der Waals surface area contributed by atoms with Gasteiger partial charge in [-0.25, -0.2) is 4.79 Å². The van der Waals surface area contributed by atoms with Gasteiger partial charge < -0.3 is 47.1 Å². The molecule has 0 radical (unpaired) electrons. The molecule has 6 atom stereocenters. The number of carboxylic acid groups (broad SMARTS) is 2. The van der Waals surface area contributed by atoms with Crippen molar-refractivity contribution in [1.82, 2.24) is 20.9 Å². The second-order valence-corrected chi connectivity index (χ2v) is 8.95. The molecule has 0 spiro atoms. The number of hydrogen-bond donors (Lipinski definition) is 9. The topological polar surface area (TPSA) is 244 Å². The van der Waals surface area contributed by atoms with Gasteiger partial charge in [-0.1, -0.05) is 18.2 Å². The highest BCUT2D eigenvalue weighted by atomic mass is 16.4. The van der Waals surface area contributed by atoms with E-state index in [1.54, 1.807) is 24.4 Å². The molecule has 2 aromatic rings. The average Bonchev–Trinajstić information content (AvgIpc) is 3.25. The van der Waals surface area contributed by atoms with E-state index in [4.69, 9.17) is 10.8 Å². The lowest BCUT2D eigenvalue weighted by Crippen LogP contribution is -2.59. The molecule has 0 saturated heterocycles. The molecule has 3 amide bonds. The molecule has 2 rings (SSSR count). The Labute approximate surface area is 217 Å². The number of amides is 3. The van der Waals surface area contributed by atoms with Crippen molar-refractivity contribution in [2.24, 2.45) is 5.73 Å². The van der Waals surface area contributed by atoms with E-state index in [0.29, 0.717) is 5.56 Å². The van der Waals surface area contributed by atoms with Crippen LogP contribution in [-0.2, 0) is 30.4 Å². The molecule has 0 aliphatic rings. The van der Waals surface area contributed by atoms with Crippen LogP contribution in [0.1, 0.15) is 32.3 Å². The normalized spacial score (nSPS) is 15.9. The van der Waals surface area contributed by atoms with Gasteiger partial charge in [0.25, 0.3) is 0 Å². The summed E-state index contributed by atoms with van der Waals surface area (Å²) in [5.74, 6) is -5.56. The van der Waals surface area contributed by atoms with Gasteiger partial charge >= 0.3 is 11.9 Å². The van der Waals surface area contributed by atoms with E-state index in [2.05, 4.69) is 20.9 Å². The summed E-state index contributed by atoms with van der Waals surface area (Å²) < 4.78 is 0. The molecule has 0 fully saturated rings. The zero-order valence-corrected chi connectivity index (χ0v) is 20.9. The van der Waals surface area contributed by atoms with Crippen molar-refractivity contribution in [3.05, 3.63) is 36.0 Å². The maximum absolute atomic E-state index is 13.3. The number of aliphatic carboxylic acids is 2. The number of hydrogen-bond acceptors (Lipinski definition) is 8. The van der Waals surface area contributed by atoms with Gasteiger partial charge in [0, 0.05) is 29.9 Å². The number of aliphatic hydroxyl groups is 2. The molecule has 6 unspecified atom stereocenters. The number of aliphatic hydroxyl groups excluding tert-OH is 2. The van der Waals surface area contributed by atoms with Gasteiger partial charge in [0.05, 0.1) is 12.2 Å². The van der Waals surface area contributed by atoms with E-state index in [9.17, 15) is 39.3 Å². The van der Waals surface area contributed by atoms with E-state index < -0.39 is 78.9 Å². The zero-order chi connectivity index (χ0) is 28.6. The number of carbonyl (C=O) groups is 5. The maximum atomic E-state index is 13.3. The molecule has 0 aliphatic heterocycles. The lowest BCUT2D eigenvalue weighted by atomic mass is 10.0. The molecule has 208 valence electrons. The summed E-state index contributed by atoms with van der Waals surface area (Å²) in [5.41, 5.74) is 7.11. The first-order valence-electron chi connectivity index (χ1n) is 11.8. The second kappa shape index (κ2) is 13.5. The van der Waals surface area contributed by atoms with Gasteiger partial charge in [0.15, 0.2) is 6.04 Å². The number of rotatable bonds is 14. The van der Waals surface area contributed by atoms with Crippen LogP contribution in [0.3, 0.4) is 0 Å². The van der Waals surface area contributed by atoms with E-state index in [0.717, 1.165) is 17.8 Å². The van der Waals surface area contributed by atoms with Gasteiger partial charge in [-0.2, -0.15) is 0 Å². The smallest absolute Gasteiger partial charge is 0.328 e. The fourth-order valence-electron chi connectivity index (χ4n) is 3.67. The quantitative estimate of drug-likeness (QED) is 0.131. The maximum Gasteiger partial charge on any atom is 0.328 e. The molecule has 0 bridgehead atoms. The lowest BCUT2D eigenvalue weighted by molar-refractivity contribution is -0.145. The molecular weight excluding hydrogens is 502 g/mol. The van der Waals surface area contributed by atoms with Crippen molar-refractivity contribution in [1.29, 1.82) is 0 Å². The van der Waals surface area contributed by atoms with Gasteiger partial charge in [-0.05, 0) is 31.9 Å². The van der Waals surface area contributed by atoms with Gasteiger partial charge in [-0.3, -0.25) is 19.2 Å². The minimum atomic E-state index is -1.71. The molecule has 0 saturated carbocycles. The third-order valence-electron chi connectivity index (χ3n) is 5.88. The van der Waals surface area contributed by atoms with Crippen molar-refractivity contribution < 1.29 is 44.4 Å². The van der Waals surface area contributed by atoms with Crippen LogP contribution in [0, 0.1) is 0 Å². The minimum absolute atomic E-state index is 0.0627. The van der Waals surface area contributed by atoms with Crippen LogP contribution in [0.25, 0.3) is 10.9 Å². The number of carbonyl (C=O) groups excluding carboxylic acids is 3. The molecule has 10 N–H and O–H groups in total. The van der Waals surface area contributed by atoms with E-state index in [-0.39, 0.29) is 6.42 Å². The number of aromatic amines is 1. The van der Waals surface area contributed by atoms with Crippen molar-refractivity contribution in [3.8, 4) is 0 Å². The summed E-state index contributed by atoms with van der Waals surface area (Å²) >= 11 is 0. The molecular formula is C24H33N5O9. The van der Waals surface area contributed by atoms with E-state index >= 15 is 0 Å². The highest BCUT2D eigenvalue weighted by Gasteiger charge is 2.33. The van der Waals surface area contributed by atoms with Crippen molar-refractivity contribution in [3.63, 3.8) is 0 Å². The summed E-state index contributed by atoms with van der Waals surface area (Å²) in [7, 11) is 0. The SMILES string of the molecule is CC(O)C(N)C(=O)NC(Cc1c[nH]c2ccccc12)C(=O)NC(CCC(=O)O)C(=O)NC(C(=O)O)C(C)O. The lowest BCUT2D eigenvalue weighted by Gasteiger charge is -2.26. The Hall–Kier alpha value is -4.01. The molecule has 0 aliphatic carbocycles. The van der Waals surface area contributed by atoms with Crippen LogP contribution in [0.15, 0.2) is 30.5 Å². The highest BCUT2D eigenvalue weighted by Crippen LogP contribution is 2.19. The highest BCUT2D eigenvalue weighted by molar-refractivity contribution is 5.95. The Kier molecular flexibility index (Phi) is 10.7. The monoisotopic (exact) mass is 535 g/mol. The van der Waals surface area contributed by atoms with Gasteiger partial charge in [-0.15, -0.1) is 0 Å². The van der Waals surface area contributed by atoms with Gasteiger partial charge in [0.1, 0.15) is 18.1 Å². The first-order valence-corrected chi connectivity index (χ1v) is 11.8. The molecule has 14 nitrogen and oxygen atoms in total. The van der Waals surface area contributed by atoms with Crippen molar-refractivity contribution >= 4 is 40.6 Å². The first kappa shape index (κ1) is 30.2. The predicted molar refractivity (Wildman–Crippen MR) is 134 cm³/mol. The predicted octanol–water partition coefficient (Wildman–Crippen LogP) is -1.80. The Morgan fingerprint density at radius 3 is 2.08 bits per heavy atom. The van der Waals surface area contributed by atoms with E-state index in [1.165, 1.54) is 6.92 Å². The molecule has 1 aromatic carbocycles. The zero-order valence-electron chi connectivity index (χ0n) is 20.9. The largest absolute Gasteiger partial charge is 0.481 e. The second-order valence-electron chi connectivity index (χ2n) is 8.95. The van der Waals surface area contributed by atoms with Gasteiger partial charge in [0.2, 0.25) is 17.7 Å². The summed E-state index contributed by atoms with van der Waals surface area (Å²) in [6.45, 7) is 2.44. The Morgan fingerprint density at radius 2 is 1.50 bits per heavy atom. The average molecular weight is 536 g/mol. The van der Waals surface area contributed by atoms with Crippen LogP contribution >= 0.6 is 0 Å². The van der Waals surface area contributed by atoms with Crippen LogP contribution < -0.4 is 21.7 Å². The fourth-order valence-corrected chi connectivity index (χ4v) is 3.67. The van der Waals surface area contributed by atoms with Crippen LogP contribution in [0.2, 0.25) is 0 Å². The van der Waals surface area contributed by atoms with Crippen molar-refractivity contribution in [2.45, 2.75) is 69.5 Å². The number of fused-ring (bicyclic) bond motifs is 1. The van der Waals surface area contributed by atoms with Crippen molar-refractivity contribution in [2.75, 3.05) is 0 Å². The number of benzene rings is 1. The standard InChI is InChI=1S/C24H33N5O9/c1-11(30)19(25)23(36)28-17(9-13-10-26-15-6-4-3-5-14(13)15)22(35)27-16(7-8-18(32)33)21(34)29-20(12(2)31)24(37)38/h3-6,10-12,16-17,19-20,26,30-31H,7-9,25H2,1-2H3,(H,27,35)(H,28,36)(H,29,34)(H,32,33)(H,37,38). The first-order chi connectivity index (χ1) is 17.8. The molecule has 1 aromatic heterocycles. The summed E-state index contributed by atoms with van der Waals surface area (Å²) in [4.78, 5) is 64.3. The summed E-state index contributed by atoms with van der Waals surface area (Å²) in [6, 6.07) is 1.31. The number of aromatic nitrogens is 1. The molecule has 14 heteroatoms. The summed E-state index contributed by atoms with van der Waals surface area (Å²) in [6.07, 6.45) is -2.08. The Morgan fingerprint density at radius 1 is 0.895 bits per heavy atom. The van der Waals surface area contributed by atoms with Crippen LogP contribution in [-0.4, -0.2) is 91.4 Å². The van der Waals surface area contributed by atoms with Crippen LogP contribution in [0.5, 0.6) is 0 Å². The summed E-state index contributed by atoms with van der Waals surface area (Å²) in [5, 5.41) is 45.4. The fraction of sp³-hybridized carbons (Fsp3) is 0.458. The Bertz CT molecular complexity index is 1160. The van der Waals surface area contributed by atoms with E-state index in [1.807, 2.05) is 6.07 Å². The third kappa shape index (κ3) is 8.26. The number of H-pyrrole nitrogens is 1. The molecule has 38 heavy (non-hydrogen) atoms. The number of nitrogens with one attached hydrogen (secondary N) is 4. The number of nitrogens with two attached hydrogens (primary N) is 1. The number of para-hydroxylation sites is 1.